The summed E-state index contributed by atoms with van der Waals surface area (Å²) in [4.78, 5) is 21.0. The van der Waals surface area contributed by atoms with Crippen LogP contribution < -0.4 is 10.1 Å². The van der Waals surface area contributed by atoms with Gasteiger partial charge in [0.1, 0.15) is 5.75 Å². The molecule has 2 heterocycles. The number of ether oxygens (including phenoxy) is 1. The molecule has 0 saturated carbocycles. The van der Waals surface area contributed by atoms with Gasteiger partial charge in [0.2, 0.25) is 17.6 Å². The van der Waals surface area contributed by atoms with Crippen LogP contribution in [0.2, 0.25) is 0 Å². The van der Waals surface area contributed by atoms with Crippen LogP contribution in [-0.4, -0.2) is 28.1 Å². The van der Waals surface area contributed by atoms with Gasteiger partial charge in [0.25, 0.3) is 0 Å². The van der Waals surface area contributed by atoms with Gasteiger partial charge in [0, 0.05) is 23.6 Å². The van der Waals surface area contributed by atoms with Crippen molar-refractivity contribution >= 4 is 11.6 Å². The zero-order valence-electron chi connectivity index (χ0n) is 16.4. The van der Waals surface area contributed by atoms with Crippen LogP contribution in [0.5, 0.6) is 5.75 Å². The molecule has 4 aromatic rings. The fourth-order valence-corrected chi connectivity index (χ4v) is 3.03. The van der Waals surface area contributed by atoms with Crippen LogP contribution in [0.15, 0.2) is 77.6 Å². The van der Waals surface area contributed by atoms with Crippen molar-refractivity contribution in [1.29, 1.82) is 0 Å². The summed E-state index contributed by atoms with van der Waals surface area (Å²) in [6, 6.07) is 18.7. The minimum Gasteiger partial charge on any atom is -0.497 e. The van der Waals surface area contributed by atoms with Gasteiger partial charge in [-0.05, 0) is 41.5 Å². The van der Waals surface area contributed by atoms with Crippen molar-refractivity contribution in [3.05, 3.63) is 90.1 Å². The standard InChI is InChI=1S/C23H20N4O3/c1-29-19-8-6-16(7-9-19)14-21(28)25-20-5-3-2-4-18(20)15-22-26-23(27-30-22)17-10-12-24-13-11-17/h2-13H,14-15H2,1H3,(H,25,28). The maximum atomic E-state index is 12.5. The van der Waals surface area contributed by atoms with E-state index in [0.717, 1.165) is 28.1 Å². The number of nitrogens with one attached hydrogen (secondary N) is 1. The van der Waals surface area contributed by atoms with Crippen molar-refractivity contribution in [2.75, 3.05) is 12.4 Å². The van der Waals surface area contributed by atoms with Crippen molar-refractivity contribution < 1.29 is 14.1 Å². The molecule has 7 nitrogen and oxygen atoms in total. The first-order valence-electron chi connectivity index (χ1n) is 9.45. The summed E-state index contributed by atoms with van der Waals surface area (Å²) in [5.41, 5.74) is 3.36. The molecule has 7 heteroatoms. The molecular formula is C23H20N4O3. The van der Waals surface area contributed by atoms with Crippen molar-refractivity contribution in [3.63, 3.8) is 0 Å². The van der Waals surface area contributed by atoms with Crippen LogP contribution in [-0.2, 0) is 17.6 Å². The van der Waals surface area contributed by atoms with E-state index < -0.39 is 0 Å². The number of hydrogen-bond donors (Lipinski definition) is 1. The molecule has 150 valence electrons. The third-order valence-corrected chi connectivity index (χ3v) is 4.56. The zero-order valence-corrected chi connectivity index (χ0v) is 16.4. The fraction of sp³-hybridized carbons (Fsp3) is 0.130. The van der Waals surface area contributed by atoms with E-state index in [1.807, 2.05) is 60.7 Å². The molecular weight excluding hydrogens is 380 g/mol. The molecule has 0 bridgehead atoms. The van der Waals surface area contributed by atoms with E-state index in [0.29, 0.717) is 18.1 Å². The number of anilines is 1. The van der Waals surface area contributed by atoms with Crippen LogP contribution in [0.3, 0.4) is 0 Å². The molecule has 0 spiro atoms. The average molecular weight is 400 g/mol. The number of pyridine rings is 1. The molecule has 0 saturated heterocycles. The van der Waals surface area contributed by atoms with Crippen LogP contribution in [0, 0.1) is 0 Å². The van der Waals surface area contributed by atoms with E-state index in [2.05, 4.69) is 20.4 Å². The lowest BCUT2D eigenvalue weighted by atomic mass is 10.1. The topological polar surface area (TPSA) is 90.1 Å². The molecule has 1 amide bonds. The van der Waals surface area contributed by atoms with E-state index >= 15 is 0 Å². The molecule has 0 aliphatic heterocycles. The lowest BCUT2D eigenvalue weighted by Crippen LogP contribution is -2.15. The summed E-state index contributed by atoms with van der Waals surface area (Å²) >= 11 is 0. The molecule has 0 aliphatic rings. The molecule has 2 aromatic carbocycles. The summed E-state index contributed by atoms with van der Waals surface area (Å²) in [7, 11) is 1.61. The van der Waals surface area contributed by atoms with Gasteiger partial charge < -0.3 is 14.6 Å². The number of aromatic nitrogens is 3. The summed E-state index contributed by atoms with van der Waals surface area (Å²) in [6.07, 6.45) is 4.04. The number of para-hydroxylation sites is 1. The Morgan fingerprint density at radius 2 is 1.80 bits per heavy atom. The summed E-state index contributed by atoms with van der Waals surface area (Å²) in [5.74, 6) is 1.64. The highest BCUT2D eigenvalue weighted by Crippen LogP contribution is 2.21. The van der Waals surface area contributed by atoms with Gasteiger partial charge in [-0.2, -0.15) is 4.98 Å². The second kappa shape index (κ2) is 9.00. The first-order valence-corrected chi connectivity index (χ1v) is 9.45. The average Bonchev–Trinajstić information content (AvgIpc) is 3.25. The smallest absolute Gasteiger partial charge is 0.231 e. The SMILES string of the molecule is COc1ccc(CC(=O)Nc2ccccc2Cc2nc(-c3ccncc3)no2)cc1. The molecule has 1 N–H and O–H groups in total. The monoisotopic (exact) mass is 400 g/mol. The minimum atomic E-state index is -0.101. The van der Waals surface area contributed by atoms with Gasteiger partial charge in [-0.3, -0.25) is 9.78 Å². The number of carbonyl (C=O) groups is 1. The number of amides is 1. The predicted molar refractivity (Wildman–Crippen MR) is 112 cm³/mol. The Labute approximate surface area is 173 Å². The summed E-state index contributed by atoms with van der Waals surface area (Å²) < 4.78 is 10.5. The number of rotatable bonds is 7. The number of hydrogen-bond acceptors (Lipinski definition) is 6. The second-order valence-corrected chi connectivity index (χ2v) is 6.65. The molecule has 0 radical (unpaired) electrons. The van der Waals surface area contributed by atoms with Gasteiger partial charge in [0.15, 0.2) is 0 Å². The Bertz CT molecular complexity index is 1120. The molecule has 0 fully saturated rings. The minimum absolute atomic E-state index is 0.101. The third-order valence-electron chi connectivity index (χ3n) is 4.56. The lowest BCUT2D eigenvalue weighted by Gasteiger charge is -2.10. The summed E-state index contributed by atoms with van der Waals surface area (Å²) in [6.45, 7) is 0. The zero-order chi connectivity index (χ0) is 20.8. The van der Waals surface area contributed by atoms with Crippen LogP contribution >= 0.6 is 0 Å². The summed E-state index contributed by atoms with van der Waals surface area (Å²) in [5, 5.41) is 7.01. The highest BCUT2D eigenvalue weighted by molar-refractivity contribution is 5.93. The van der Waals surface area contributed by atoms with Crippen molar-refractivity contribution in [2.24, 2.45) is 0 Å². The van der Waals surface area contributed by atoms with E-state index in [4.69, 9.17) is 9.26 Å². The van der Waals surface area contributed by atoms with Gasteiger partial charge >= 0.3 is 0 Å². The van der Waals surface area contributed by atoms with Crippen molar-refractivity contribution in [3.8, 4) is 17.1 Å². The first-order chi connectivity index (χ1) is 14.7. The molecule has 4 rings (SSSR count). The first kappa shape index (κ1) is 19.3. The predicted octanol–water partition coefficient (Wildman–Crippen LogP) is 3.91. The highest BCUT2D eigenvalue weighted by Gasteiger charge is 2.13. The van der Waals surface area contributed by atoms with E-state index in [9.17, 15) is 4.79 Å². The molecule has 30 heavy (non-hydrogen) atoms. The highest BCUT2D eigenvalue weighted by atomic mass is 16.5. The van der Waals surface area contributed by atoms with Crippen LogP contribution in [0.1, 0.15) is 17.0 Å². The van der Waals surface area contributed by atoms with Gasteiger partial charge in [0.05, 0.1) is 20.0 Å². The van der Waals surface area contributed by atoms with E-state index in [-0.39, 0.29) is 12.3 Å². The van der Waals surface area contributed by atoms with Gasteiger partial charge in [-0.1, -0.05) is 35.5 Å². The molecule has 0 unspecified atom stereocenters. The van der Waals surface area contributed by atoms with Crippen LogP contribution in [0.4, 0.5) is 5.69 Å². The van der Waals surface area contributed by atoms with Gasteiger partial charge in [-0.25, -0.2) is 0 Å². The van der Waals surface area contributed by atoms with E-state index in [1.165, 1.54) is 0 Å². The second-order valence-electron chi connectivity index (χ2n) is 6.65. The van der Waals surface area contributed by atoms with Crippen molar-refractivity contribution in [2.45, 2.75) is 12.8 Å². The Morgan fingerprint density at radius 1 is 1.03 bits per heavy atom. The maximum Gasteiger partial charge on any atom is 0.231 e. The molecule has 0 atom stereocenters. The lowest BCUT2D eigenvalue weighted by molar-refractivity contribution is -0.115. The Hall–Kier alpha value is -4.00. The van der Waals surface area contributed by atoms with E-state index in [1.54, 1.807) is 19.5 Å². The Kier molecular flexibility index (Phi) is 5.80. The Balaban J connectivity index is 1.45. The van der Waals surface area contributed by atoms with Gasteiger partial charge in [-0.15, -0.1) is 0 Å². The number of methoxy groups -OCH3 is 1. The maximum absolute atomic E-state index is 12.5. The Morgan fingerprint density at radius 3 is 2.57 bits per heavy atom. The third kappa shape index (κ3) is 4.70. The fourth-order valence-electron chi connectivity index (χ4n) is 3.03. The van der Waals surface area contributed by atoms with Crippen molar-refractivity contribution in [1.82, 2.24) is 15.1 Å². The number of benzene rings is 2. The largest absolute Gasteiger partial charge is 0.497 e. The number of carbonyl (C=O) groups excluding carboxylic acids is 1. The quantitative estimate of drug-likeness (QED) is 0.506. The number of nitrogens with zero attached hydrogens (tertiary/aromatic N) is 3. The molecule has 0 aliphatic carbocycles. The van der Waals surface area contributed by atoms with Crippen LogP contribution in [0.25, 0.3) is 11.4 Å². The normalized spacial score (nSPS) is 10.6. The molecule has 2 aromatic heterocycles.